The van der Waals surface area contributed by atoms with Crippen LogP contribution in [0.5, 0.6) is 0 Å². The summed E-state index contributed by atoms with van der Waals surface area (Å²) in [5, 5.41) is 29.2. The van der Waals surface area contributed by atoms with Gasteiger partial charge in [0.1, 0.15) is 0 Å². The van der Waals surface area contributed by atoms with Crippen molar-refractivity contribution in [2.24, 2.45) is 0 Å². The number of aliphatic hydroxyl groups is 3. The van der Waals surface area contributed by atoms with Gasteiger partial charge in [0, 0.05) is 6.42 Å². The van der Waals surface area contributed by atoms with Gasteiger partial charge in [-0.3, -0.25) is 0 Å². The summed E-state index contributed by atoms with van der Waals surface area (Å²) in [4.78, 5) is 0. The standard InChI is InChI=1S/C19H44O5Si2/c1-18(2,3)25(7,8)23-16(11-15(22)13-20)12-17(14-21)24-26(9,10)19(4,5)6/h15-17,20-22H,11-14H2,1-10H3/t15-,16+,17+/m0/s1. The molecule has 0 unspecified atom stereocenters. The van der Waals surface area contributed by atoms with Crippen LogP contribution < -0.4 is 0 Å². The van der Waals surface area contributed by atoms with Crippen molar-refractivity contribution in [3.05, 3.63) is 0 Å². The summed E-state index contributed by atoms with van der Waals surface area (Å²) in [6, 6.07) is 0. The highest BCUT2D eigenvalue weighted by atomic mass is 28.4. The number of hydrogen-bond donors (Lipinski definition) is 3. The molecule has 0 heterocycles. The van der Waals surface area contributed by atoms with Gasteiger partial charge in [0.05, 0.1) is 31.5 Å². The molecule has 0 aromatic carbocycles. The normalized spacial score (nSPS) is 17.9. The molecule has 3 atom stereocenters. The third-order valence-electron chi connectivity index (χ3n) is 6.01. The zero-order valence-electron chi connectivity index (χ0n) is 18.7. The first-order chi connectivity index (χ1) is 11.5. The Balaban J connectivity index is 5.31. The van der Waals surface area contributed by atoms with Crippen LogP contribution >= 0.6 is 0 Å². The molecule has 26 heavy (non-hydrogen) atoms. The van der Waals surface area contributed by atoms with Gasteiger partial charge in [-0.1, -0.05) is 41.5 Å². The van der Waals surface area contributed by atoms with E-state index >= 15 is 0 Å². The molecular weight excluding hydrogens is 364 g/mol. The van der Waals surface area contributed by atoms with E-state index < -0.39 is 22.7 Å². The topological polar surface area (TPSA) is 79.2 Å². The van der Waals surface area contributed by atoms with E-state index in [-0.39, 0.29) is 35.5 Å². The van der Waals surface area contributed by atoms with Crippen molar-refractivity contribution in [1.82, 2.24) is 0 Å². The maximum Gasteiger partial charge on any atom is 0.192 e. The van der Waals surface area contributed by atoms with E-state index in [4.69, 9.17) is 8.85 Å². The molecule has 0 aliphatic heterocycles. The van der Waals surface area contributed by atoms with Crippen LogP contribution in [0.25, 0.3) is 0 Å². The zero-order chi connectivity index (χ0) is 21.0. The smallest absolute Gasteiger partial charge is 0.192 e. The average Bonchev–Trinajstić information content (AvgIpc) is 2.43. The molecule has 0 bridgehead atoms. The molecule has 0 saturated heterocycles. The minimum Gasteiger partial charge on any atom is -0.414 e. The van der Waals surface area contributed by atoms with Crippen LogP contribution in [0.15, 0.2) is 0 Å². The van der Waals surface area contributed by atoms with Gasteiger partial charge in [0.2, 0.25) is 0 Å². The highest BCUT2D eigenvalue weighted by molar-refractivity contribution is 6.74. The lowest BCUT2D eigenvalue weighted by Crippen LogP contribution is -2.48. The molecule has 0 radical (unpaired) electrons. The fourth-order valence-corrected chi connectivity index (χ4v) is 4.95. The quantitative estimate of drug-likeness (QED) is 0.478. The number of aliphatic hydroxyl groups excluding tert-OH is 3. The van der Waals surface area contributed by atoms with E-state index in [1.807, 2.05) is 0 Å². The van der Waals surface area contributed by atoms with Crippen LogP contribution in [0.1, 0.15) is 54.4 Å². The first-order valence-electron chi connectivity index (χ1n) is 9.72. The Morgan fingerprint density at radius 2 is 1.08 bits per heavy atom. The van der Waals surface area contributed by atoms with Crippen molar-refractivity contribution < 1.29 is 24.2 Å². The number of hydrogen-bond acceptors (Lipinski definition) is 5. The fourth-order valence-electron chi connectivity index (χ4n) is 2.21. The summed E-state index contributed by atoms with van der Waals surface area (Å²) >= 11 is 0. The Kier molecular flexibility index (Phi) is 9.71. The van der Waals surface area contributed by atoms with Crippen LogP contribution in [-0.4, -0.2) is 63.5 Å². The van der Waals surface area contributed by atoms with E-state index in [2.05, 4.69) is 67.7 Å². The van der Waals surface area contributed by atoms with Gasteiger partial charge in [0.15, 0.2) is 16.6 Å². The van der Waals surface area contributed by atoms with Crippen LogP contribution in [-0.2, 0) is 8.85 Å². The minimum atomic E-state index is -2.04. The second-order valence-corrected chi connectivity index (χ2v) is 20.0. The molecule has 3 N–H and O–H groups in total. The Hall–Kier alpha value is 0.234. The van der Waals surface area contributed by atoms with Gasteiger partial charge in [0.25, 0.3) is 0 Å². The maximum absolute atomic E-state index is 9.97. The third kappa shape index (κ3) is 8.08. The Morgan fingerprint density at radius 1 is 0.692 bits per heavy atom. The van der Waals surface area contributed by atoms with E-state index in [1.54, 1.807) is 0 Å². The van der Waals surface area contributed by atoms with Crippen LogP contribution in [0.2, 0.25) is 36.3 Å². The van der Waals surface area contributed by atoms with E-state index in [9.17, 15) is 15.3 Å². The largest absolute Gasteiger partial charge is 0.414 e. The molecule has 0 aromatic rings. The molecule has 7 heteroatoms. The second kappa shape index (κ2) is 9.63. The molecule has 0 aromatic heterocycles. The summed E-state index contributed by atoms with van der Waals surface area (Å²) in [6.45, 7) is 21.4. The van der Waals surface area contributed by atoms with Crippen molar-refractivity contribution >= 4 is 16.6 Å². The zero-order valence-corrected chi connectivity index (χ0v) is 20.7. The Morgan fingerprint density at radius 3 is 1.38 bits per heavy atom. The van der Waals surface area contributed by atoms with Gasteiger partial charge in [-0.15, -0.1) is 0 Å². The van der Waals surface area contributed by atoms with Crippen molar-refractivity contribution in [3.63, 3.8) is 0 Å². The summed E-state index contributed by atoms with van der Waals surface area (Å²) in [5.41, 5.74) is 0. The molecule has 0 rings (SSSR count). The van der Waals surface area contributed by atoms with E-state index in [0.29, 0.717) is 12.8 Å². The number of rotatable bonds is 10. The summed E-state index contributed by atoms with van der Waals surface area (Å²) in [7, 11) is -4.06. The van der Waals surface area contributed by atoms with E-state index in [0.717, 1.165) is 0 Å². The van der Waals surface area contributed by atoms with Gasteiger partial charge in [-0.05, 0) is 42.7 Å². The molecule has 158 valence electrons. The SMILES string of the molecule is CC(C)(C)[Si](C)(C)O[C@H](C[C@H](O)CO)C[C@H](CO)O[Si](C)(C)C(C)(C)C. The van der Waals surface area contributed by atoms with Gasteiger partial charge in [-0.2, -0.15) is 0 Å². The summed E-state index contributed by atoms with van der Waals surface area (Å²) in [5.74, 6) is 0. The predicted molar refractivity (Wildman–Crippen MR) is 114 cm³/mol. The van der Waals surface area contributed by atoms with Crippen molar-refractivity contribution in [1.29, 1.82) is 0 Å². The van der Waals surface area contributed by atoms with Crippen molar-refractivity contribution in [2.75, 3.05) is 13.2 Å². The first-order valence-corrected chi connectivity index (χ1v) is 15.5. The Labute approximate surface area is 163 Å². The van der Waals surface area contributed by atoms with Crippen LogP contribution in [0.4, 0.5) is 0 Å². The summed E-state index contributed by atoms with van der Waals surface area (Å²) < 4.78 is 12.9. The first kappa shape index (κ1) is 26.2. The lowest BCUT2D eigenvalue weighted by molar-refractivity contribution is 0.0132. The van der Waals surface area contributed by atoms with Crippen LogP contribution in [0.3, 0.4) is 0 Å². The lowest BCUT2D eigenvalue weighted by atomic mass is 10.1. The molecule has 0 amide bonds. The average molecular weight is 409 g/mol. The molecule has 0 aliphatic carbocycles. The van der Waals surface area contributed by atoms with Crippen molar-refractivity contribution in [3.8, 4) is 0 Å². The highest BCUT2D eigenvalue weighted by Gasteiger charge is 2.42. The molecule has 0 spiro atoms. The molecule has 0 aliphatic rings. The van der Waals surface area contributed by atoms with E-state index in [1.165, 1.54) is 0 Å². The highest BCUT2D eigenvalue weighted by Crippen LogP contribution is 2.40. The molecule has 0 saturated carbocycles. The third-order valence-corrected chi connectivity index (χ3v) is 15.1. The molecule has 0 fully saturated rings. The second-order valence-electron chi connectivity index (χ2n) is 10.5. The summed E-state index contributed by atoms with van der Waals surface area (Å²) in [6.07, 6.45) is -0.527. The fraction of sp³-hybridized carbons (Fsp3) is 1.00. The molecule has 5 nitrogen and oxygen atoms in total. The predicted octanol–water partition coefficient (Wildman–Crippen LogP) is 3.89. The van der Waals surface area contributed by atoms with Gasteiger partial charge >= 0.3 is 0 Å². The lowest BCUT2D eigenvalue weighted by Gasteiger charge is -2.42. The van der Waals surface area contributed by atoms with Gasteiger partial charge in [-0.25, -0.2) is 0 Å². The maximum atomic E-state index is 9.97. The van der Waals surface area contributed by atoms with Crippen molar-refractivity contribution in [2.45, 2.75) is 109 Å². The molecular formula is C19H44O5Si2. The monoisotopic (exact) mass is 408 g/mol. The van der Waals surface area contributed by atoms with Crippen LogP contribution in [0, 0.1) is 0 Å². The van der Waals surface area contributed by atoms with Gasteiger partial charge < -0.3 is 24.2 Å². The minimum absolute atomic E-state index is 0.0460. The Bertz CT molecular complexity index is 413.